The lowest BCUT2D eigenvalue weighted by molar-refractivity contribution is -0.127. The van der Waals surface area contributed by atoms with Gasteiger partial charge in [0.15, 0.2) is 5.82 Å². The van der Waals surface area contributed by atoms with Gasteiger partial charge in [0.2, 0.25) is 11.9 Å². The van der Waals surface area contributed by atoms with Gasteiger partial charge in [0.1, 0.15) is 0 Å². The number of hydrogen-bond acceptors (Lipinski definition) is 5. The zero-order valence-electron chi connectivity index (χ0n) is 16.1. The quantitative estimate of drug-likeness (QED) is 0.904. The molecule has 1 unspecified atom stereocenters. The Balaban J connectivity index is 1.92. The summed E-state index contributed by atoms with van der Waals surface area (Å²) >= 11 is 0. The van der Waals surface area contributed by atoms with E-state index >= 15 is 0 Å². The fraction of sp³-hybridized carbons (Fsp3) is 0.526. The maximum atomic E-state index is 11.3. The Labute approximate surface area is 154 Å². The summed E-state index contributed by atoms with van der Waals surface area (Å²) in [5.74, 6) is 1.24. The average molecular weight is 357 g/mol. The first-order valence-electron chi connectivity index (χ1n) is 8.84. The highest BCUT2D eigenvalue weighted by Crippen LogP contribution is 2.29. The molecule has 0 spiro atoms. The smallest absolute Gasteiger partial charge is 0.227 e. The zero-order chi connectivity index (χ0) is 19.1. The van der Waals surface area contributed by atoms with Gasteiger partial charge in [0, 0.05) is 25.7 Å². The van der Waals surface area contributed by atoms with Crippen LogP contribution in [0.1, 0.15) is 31.4 Å². The Morgan fingerprint density at radius 3 is 2.73 bits per heavy atom. The lowest BCUT2D eigenvalue weighted by Crippen LogP contribution is -2.54. The normalized spacial score (nSPS) is 19.6. The monoisotopic (exact) mass is 357 g/mol. The number of anilines is 1. The average Bonchev–Trinajstić information content (AvgIpc) is 2.86. The van der Waals surface area contributed by atoms with E-state index in [2.05, 4.69) is 47.1 Å². The van der Waals surface area contributed by atoms with Gasteiger partial charge in [-0.15, -0.1) is 10.2 Å². The molecule has 0 aliphatic carbocycles. The minimum Gasteiger partial charge on any atom is -0.370 e. The summed E-state index contributed by atoms with van der Waals surface area (Å²) in [5.41, 5.74) is 8.42. The number of benzene rings is 1. The fourth-order valence-corrected chi connectivity index (χ4v) is 3.67. The minimum absolute atomic E-state index is 0.196. The molecule has 1 atom stereocenters. The summed E-state index contributed by atoms with van der Waals surface area (Å²) in [4.78, 5) is 13.5. The molecule has 3 rings (SSSR count). The molecule has 7 nitrogen and oxygen atoms in total. The molecule has 1 aromatic carbocycles. The minimum atomic E-state index is -0.399. The molecule has 26 heavy (non-hydrogen) atoms. The molecule has 1 fully saturated rings. The van der Waals surface area contributed by atoms with Crippen LogP contribution in [-0.4, -0.2) is 45.5 Å². The molecule has 0 bridgehead atoms. The lowest BCUT2D eigenvalue weighted by atomic mass is 10.0. The number of rotatable bonds is 4. The number of aryl methyl sites for hydroxylation is 2. The van der Waals surface area contributed by atoms with Gasteiger partial charge in [-0.2, -0.15) is 0 Å². The van der Waals surface area contributed by atoms with Crippen molar-refractivity contribution in [3.63, 3.8) is 0 Å². The van der Waals surface area contributed by atoms with Crippen LogP contribution in [0.2, 0.25) is 0 Å². The molecule has 1 aliphatic rings. The van der Waals surface area contributed by atoms with Gasteiger partial charge < -0.3 is 15.4 Å². The second-order valence-electron chi connectivity index (χ2n) is 7.75. The summed E-state index contributed by atoms with van der Waals surface area (Å²) in [6.07, 6.45) is -0.0562. The van der Waals surface area contributed by atoms with Gasteiger partial charge in [-0.05, 0) is 33.3 Å². The van der Waals surface area contributed by atoms with Crippen LogP contribution in [0.15, 0.2) is 18.2 Å². The number of aromatic nitrogens is 3. The largest absolute Gasteiger partial charge is 0.370 e. The predicted octanol–water partition coefficient (Wildman–Crippen LogP) is 1.96. The molecule has 1 amide bonds. The van der Waals surface area contributed by atoms with Crippen LogP contribution in [0.3, 0.4) is 0 Å². The van der Waals surface area contributed by atoms with Crippen molar-refractivity contribution >= 4 is 11.9 Å². The van der Waals surface area contributed by atoms with Gasteiger partial charge in [-0.3, -0.25) is 9.36 Å². The number of morpholine rings is 1. The Morgan fingerprint density at radius 2 is 2.08 bits per heavy atom. The second kappa shape index (κ2) is 6.72. The number of nitrogens with two attached hydrogens (primary N) is 1. The van der Waals surface area contributed by atoms with E-state index in [1.807, 2.05) is 25.5 Å². The van der Waals surface area contributed by atoms with E-state index < -0.39 is 5.60 Å². The first-order valence-corrected chi connectivity index (χ1v) is 8.84. The third-order valence-electron chi connectivity index (χ3n) is 4.67. The number of ether oxygens (including phenoxy) is 1. The van der Waals surface area contributed by atoms with Crippen LogP contribution in [-0.2, 0) is 16.6 Å². The Morgan fingerprint density at radius 1 is 1.35 bits per heavy atom. The Kier molecular flexibility index (Phi) is 4.75. The number of amides is 1. The van der Waals surface area contributed by atoms with Crippen molar-refractivity contribution in [2.75, 3.05) is 18.0 Å². The first kappa shape index (κ1) is 18.4. The van der Waals surface area contributed by atoms with Crippen molar-refractivity contribution in [3.8, 4) is 11.4 Å². The third kappa shape index (κ3) is 3.72. The zero-order valence-corrected chi connectivity index (χ0v) is 16.1. The summed E-state index contributed by atoms with van der Waals surface area (Å²) in [7, 11) is 1.97. The Hall–Kier alpha value is -2.41. The highest BCUT2D eigenvalue weighted by molar-refractivity contribution is 5.74. The molecule has 0 radical (unpaired) electrons. The van der Waals surface area contributed by atoms with Gasteiger partial charge in [-0.25, -0.2) is 0 Å². The van der Waals surface area contributed by atoms with Crippen LogP contribution in [0, 0.1) is 13.8 Å². The van der Waals surface area contributed by atoms with Crippen molar-refractivity contribution in [1.29, 1.82) is 0 Å². The van der Waals surface area contributed by atoms with Crippen molar-refractivity contribution in [3.05, 3.63) is 29.3 Å². The summed E-state index contributed by atoms with van der Waals surface area (Å²) in [6, 6.07) is 6.31. The van der Waals surface area contributed by atoms with Crippen LogP contribution in [0.4, 0.5) is 5.95 Å². The lowest BCUT2D eigenvalue weighted by Gasteiger charge is -2.42. The van der Waals surface area contributed by atoms with Crippen LogP contribution in [0.25, 0.3) is 11.4 Å². The standard InChI is InChI=1S/C19H27N5O2/c1-12-6-7-15(13(2)8-12)17-21-22-18(23(17)5)24-10-14(9-16(20)25)26-19(3,4)11-24/h6-8,14H,9-11H2,1-5H3,(H2,20,25). The highest BCUT2D eigenvalue weighted by Gasteiger charge is 2.36. The highest BCUT2D eigenvalue weighted by atomic mass is 16.5. The summed E-state index contributed by atoms with van der Waals surface area (Å²) in [5, 5.41) is 8.85. The molecule has 1 aromatic heterocycles. The number of carbonyl (C=O) groups is 1. The molecule has 0 saturated carbocycles. The molecule has 7 heteroatoms. The molecule has 2 aromatic rings. The van der Waals surface area contributed by atoms with E-state index in [1.165, 1.54) is 11.1 Å². The molecule has 1 aliphatic heterocycles. The van der Waals surface area contributed by atoms with Crippen molar-refractivity contribution in [2.45, 2.75) is 45.8 Å². The molecule has 2 heterocycles. The number of nitrogens with zero attached hydrogens (tertiary/aromatic N) is 4. The van der Waals surface area contributed by atoms with Crippen LogP contribution < -0.4 is 10.6 Å². The topological polar surface area (TPSA) is 86.3 Å². The van der Waals surface area contributed by atoms with E-state index in [9.17, 15) is 4.79 Å². The fourth-order valence-electron chi connectivity index (χ4n) is 3.67. The SMILES string of the molecule is Cc1ccc(-c2nnc(N3CC(CC(N)=O)OC(C)(C)C3)n2C)c(C)c1. The van der Waals surface area contributed by atoms with E-state index in [0.717, 1.165) is 17.3 Å². The van der Waals surface area contributed by atoms with Crippen molar-refractivity contribution in [2.24, 2.45) is 12.8 Å². The maximum Gasteiger partial charge on any atom is 0.227 e. The number of primary amides is 1. The number of carbonyl (C=O) groups excluding carboxylic acids is 1. The second-order valence-corrected chi connectivity index (χ2v) is 7.75. The molecule has 2 N–H and O–H groups in total. The molecule has 1 saturated heterocycles. The summed E-state index contributed by atoms with van der Waals surface area (Å²) < 4.78 is 8.00. The van der Waals surface area contributed by atoms with Gasteiger partial charge in [0.25, 0.3) is 0 Å². The van der Waals surface area contributed by atoms with Gasteiger partial charge in [-0.1, -0.05) is 23.8 Å². The maximum absolute atomic E-state index is 11.3. The van der Waals surface area contributed by atoms with E-state index in [4.69, 9.17) is 10.5 Å². The van der Waals surface area contributed by atoms with Gasteiger partial charge in [0.05, 0.1) is 18.1 Å². The van der Waals surface area contributed by atoms with Crippen molar-refractivity contribution in [1.82, 2.24) is 14.8 Å². The first-order chi connectivity index (χ1) is 12.2. The van der Waals surface area contributed by atoms with Gasteiger partial charge >= 0.3 is 0 Å². The molecular formula is C19H27N5O2. The van der Waals surface area contributed by atoms with Crippen molar-refractivity contribution < 1.29 is 9.53 Å². The molecular weight excluding hydrogens is 330 g/mol. The van der Waals surface area contributed by atoms with Crippen LogP contribution in [0.5, 0.6) is 0 Å². The predicted molar refractivity (Wildman–Crippen MR) is 101 cm³/mol. The van der Waals surface area contributed by atoms with E-state index in [-0.39, 0.29) is 18.4 Å². The summed E-state index contributed by atoms with van der Waals surface area (Å²) in [6.45, 7) is 9.40. The van der Waals surface area contributed by atoms with E-state index in [1.54, 1.807) is 0 Å². The molecule has 140 valence electrons. The third-order valence-corrected chi connectivity index (χ3v) is 4.67. The van der Waals surface area contributed by atoms with Crippen LogP contribution >= 0.6 is 0 Å². The Bertz CT molecular complexity index is 827. The van der Waals surface area contributed by atoms with E-state index in [0.29, 0.717) is 13.1 Å². The number of hydrogen-bond donors (Lipinski definition) is 1.